The number of carboxylic acids is 1. The lowest BCUT2D eigenvalue weighted by Crippen LogP contribution is -2.21. The minimum absolute atomic E-state index is 0.0434. The Bertz CT molecular complexity index is 637. The zero-order valence-electron chi connectivity index (χ0n) is 25.0. The van der Waals surface area contributed by atoms with Crippen LogP contribution < -0.4 is 5.32 Å². The molecule has 0 radical (unpaired) electrons. The third kappa shape index (κ3) is 17.2. The van der Waals surface area contributed by atoms with E-state index < -0.39 is 5.97 Å². The SMILES string of the molecule is CC.CC.CC.CCCC1CCC(C(=O)O)CC1.CCc1c(C)cc(NCCN(C)C)cc1C=O. The molecule has 0 saturated heterocycles. The number of likely N-dealkylation sites (N-methyl/N-ethyl adjacent to an activating group) is 1. The van der Waals surface area contributed by atoms with Gasteiger partial charge in [0.15, 0.2) is 0 Å². The van der Waals surface area contributed by atoms with E-state index in [4.69, 9.17) is 5.11 Å². The number of carbonyl (C=O) groups excluding carboxylic acids is 1. The number of carboxylic acid groups (broad SMARTS) is 1. The molecule has 0 amide bonds. The zero-order chi connectivity index (χ0) is 27.8. The van der Waals surface area contributed by atoms with Crippen molar-refractivity contribution in [3.63, 3.8) is 0 Å². The first-order chi connectivity index (χ1) is 16.8. The summed E-state index contributed by atoms with van der Waals surface area (Å²) in [7, 11) is 4.09. The number of rotatable bonds is 9. The van der Waals surface area contributed by atoms with Crippen LogP contribution in [0.2, 0.25) is 0 Å². The molecule has 5 nitrogen and oxygen atoms in total. The predicted octanol–water partition coefficient (Wildman–Crippen LogP) is 8.10. The van der Waals surface area contributed by atoms with Crippen LogP contribution in [-0.2, 0) is 11.2 Å². The van der Waals surface area contributed by atoms with Gasteiger partial charge in [0, 0.05) is 24.3 Å². The van der Waals surface area contributed by atoms with Crippen molar-refractivity contribution in [2.45, 2.75) is 107 Å². The second kappa shape index (κ2) is 25.2. The summed E-state index contributed by atoms with van der Waals surface area (Å²) in [5.41, 5.74) is 4.17. The highest BCUT2D eigenvalue weighted by atomic mass is 16.4. The third-order valence-corrected chi connectivity index (χ3v) is 5.77. The fourth-order valence-electron chi connectivity index (χ4n) is 4.06. The van der Waals surface area contributed by atoms with E-state index in [1.54, 1.807) is 0 Å². The molecule has 1 aromatic rings. The molecule has 0 heterocycles. The van der Waals surface area contributed by atoms with Crippen LogP contribution in [0.15, 0.2) is 12.1 Å². The Morgan fingerprint density at radius 2 is 1.57 bits per heavy atom. The summed E-state index contributed by atoms with van der Waals surface area (Å²) in [6.07, 6.45) is 8.44. The van der Waals surface area contributed by atoms with Gasteiger partial charge < -0.3 is 15.3 Å². The van der Waals surface area contributed by atoms with Crippen molar-refractivity contribution in [2.75, 3.05) is 32.5 Å². The third-order valence-electron chi connectivity index (χ3n) is 5.77. The van der Waals surface area contributed by atoms with Gasteiger partial charge in [-0.2, -0.15) is 0 Å². The zero-order valence-corrected chi connectivity index (χ0v) is 25.0. The number of benzene rings is 1. The molecule has 35 heavy (non-hydrogen) atoms. The average molecular weight is 495 g/mol. The van der Waals surface area contributed by atoms with E-state index in [2.05, 4.69) is 37.1 Å². The van der Waals surface area contributed by atoms with E-state index in [1.165, 1.54) is 18.4 Å². The van der Waals surface area contributed by atoms with Crippen LogP contribution in [-0.4, -0.2) is 49.4 Å². The second-order valence-electron chi connectivity index (χ2n) is 8.41. The van der Waals surface area contributed by atoms with E-state index >= 15 is 0 Å². The van der Waals surface area contributed by atoms with Crippen molar-refractivity contribution in [3.05, 3.63) is 28.8 Å². The second-order valence-corrected chi connectivity index (χ2v) is 8.41. The van der Waals surface area contributed by atoms with Gasteiger partial charge >= 0.3 is 5.97 Å². The Morgan fingerprint density at radius 3 is 1.97 bits per heavy atom. The van der Waals surface area contributed by atoms with Gasteiger partial charge in [-0.15, -0.1) is 0 Å². The van der Waals surface area contributed by atoms with Crippen LogP contribution in [0.5, 0.6) is 0 Å². The Kier molecular flexibility index (Phi) is 27.1. The van der Waals surface area contributed by atoms with Gasteiger partial charge in [0.05, 0.1) is 5.92 Å². The van der Waals surface area contributed by atoms with Crippen molar-refractivity contribution in [2.24, 2.45) is 11.8 Å². The number of hydrogen-bond acceptors (Lipinski definition) is 4. The van der Waals surface area contributed by atoms with Gasteiger partial charge in [0.1, 0.15) is 6.29 Å². The van der Waals surface area contributed by atoms with Crippen LogP contribution in [0.1, 0.15) is 115 Å². The Morgan fingerprint density at radius 1 is 1.03 bits per heavy atom. The highest BCUT2D eigenvalue weighted by molar-refractivity contribution is 5.80. The van der Waals surface area contributed by atoms with E-state index in [-0.39, 0.29) is 5.92 Å². The summed E-state index contributed by atoms with van der Waals surface area (Å²) in [5, 5.41) is 12.1. The first-order valence-corrected chi connectivity index (χ1v) is 14.0. The molecule has 0 bridgehead atoms. The number of aryl methyl sites for hydroxylation is 1. The van der Waals surface area contributed by atoms with E-state index in [0.29, 0.717) is 0 Å². The standard InChI is InChI=1S/C14H22N2O.C10H18O2.3C2H6/c1-5-14-11(2)8-13(9-12(14)10-17)15-6-7-16(3)4;1-2-3-8-4-6-9(7-5-8)10(11)12;3*1-2/h8-10,15H,5-7H2,1-4H3;8-9H,2-7H2,1H3,(H,11,12);3*1-2H3. The molecule has 2 N–H and O–H groups in total. The number of carbonyl (C=O) groups is 2. The highest BCUT2D eigenvalue weighted by Gasteiger charge is 2.24. The molecule has 1 aliphatic carbocycles. The van der Waals surface area contributed by atoms with Crippen molar-refractivity contribution < 1.29 is 14.7 Å². The van der Waals surface area contributed by atoms with E-state index in [9.17, 15) is 9.59 Å². The summed E-state index contributed by atoms with van der Waals surface area (Å²) < 4.78 is 0. The molecule has 2 rings (SSSR count). The number of nitrogens with one attached hydrogen (secondary N) is 1. The number of hydrogen-bond donors (Lipinski definition) is 2. The van der Waals surface area contributed by atoms with Gasteiger partial charge in [-0.1, -0.05) is 68.2 Å². The van der Waals surface area contributed by atoms with Crippen LogP contribution >= 0.6 is 0 Å². The van der Waals surface area contributed by atoms with Crippen LogP contribution in [0.4, 0.5) is 5.69 Å². The first kappa shape index (κ1) is 37.7. The molecule has 0 aromatic heterocycles. The van der Waals surface area contributed by atoms with E-state index in [1.807, 2.05) is 61.7 Å². The molecule has 1 saturated carbocycles. The monoisotopic (exact) mass is 494 g/mol. The maximum atomic E-state index is 11.0. The summed E-state index contributed by atoms with van der Waals surface area (Å²) >= 11 is 0. The van der Waals surface area contributed by atoms with Gasteiger partial charge in [-0.25, -0.2) is 0 Å². The molecular formula is C30H58N2O3. The summed E-state index contributed by atoms with van der Waals surface area (Å²) in [6.45, 7) is 20.2. The number of aldehydes is 1. The molecule has 1 aliphatic rings. The minimum Gasteiger partial charge on any atom is -0.481 e. The van der Waals surface area contributed by atoms with Crippen molar-refractivity contribution in [3.8, 4) is 0 Å². The van der Waals surface area contributed by atoms with Gasteiger partial charge in [0.25, 0.3) is 0 Å². The number of nitrogens with zero attached hydrogens (tertiary/aromatic N) is 1. The van der Waals surface area contributed by atoms with Crippen molar-refractivity contribution in [1.29, 1.82) is 0 Å². The summed E-state index contributed by atoms with van der Waals surface area (Å²) in [6, 6.07) is 4.05. The Labute approximate surface area is 218 Å². The van der Waals surface area contributed by atoms with Gasteiger partial charge in [0.2, 0.25) is 0 Å². The molecule has 206 valence electrons. The number of aliphatic carboxylic acids is 1. The van der Waals surface area contributed by atoms with Crippen molar-refractivity contribution in [1.82, 2.24) is 4.90 Å². The lowest BCUT2D eigenvalue weighted by atomic mass is 9.80. The van der Waals surface area contributed by atoms with Crippen LogP contribution in [0, 0.1) is 18.8 Å². The van der Waals surface area contributed by atoms with Gasteiger partial charge in [-0.3, -0.25) is 9.59 Å². The summed E-state index contributed by atoms with van der Waals surface area (Å²) in [5.74, 6) is 0.175. The Balaban J connectivity index is -0.000000498. The quantitative estimate of drug-likeness (QED) is 0.339. The van der Waals surface area contributed by atoms with E-state index in [0.717, 1.165) is 74.2 Å². The maximum absolute atomic E-state index is 11.0. The fraction of sp³-hybridized carbons (Fsp3) is 0.733. The molecular weight excluding hydrogens is 436 g/mol. The topological polar surface area (TPSA) is 69.6 Å². The smallest absolute Gasteiger partial charge is 0.306 e. The van der Waals surface area contributed by atoms with Crippen LogP contribution in [0.25, 0.3) is 0 Å². The molecule has 1 aromatic carbocycles. The average Bonchev–Trinajstić information content (AvgIpc) is 2.88. The molecule has 0 unspecified atom stereocenters. The molecule has 0 atom stereocenters. The molecule has 0 aliphatic heterocycles. The largest absolute Gasteiger partial charge is 0.481 e. The lowest BCUT2D eigenvalue weighted by Gasteiger charge is -2.25. The molecule has 1 fully saturated rings. The summed E-state index contributed by atoms with van der Waals surface area (Å²) in [4.78, 5) is 23.8. The predicted molar refractivity (Wildman–Crippen MR) is 155 cm³/mol. The number of anilines is 1. The first-order valence-electron chi connectivity index (χ1n) is 14.0. The molecule has 5 heteroatoms. The van der Waals surface area contributed by atoms with Crippen LogP contribution in [0.3, 0.4) is 0 Å². The highest BCUT2D eigenvalue weighted by Crippen LogP contribution is 2.31. The maximum Gasteiger partial charge on any atom is 0.306 e. The van der Waals surface area contributed by atoms with Crippen molar-refractivity contribution >= 4 is 17.9 Å². The fourth-order valence-corrected chi connectivity index (χ4v) is 4.06. The normalized spacial score (nSPS) is 16.0. The minimum atomic E-state index is -0.593. The molecule has 0 spiro atoms. The van der Waals surface area contributed by atoms with Gasteiger partial charge in [-0.05, 0) is 82.3 Å². The lowest BCUT2D eigenvalue weighted by molar-refractivity contribution is -0.143. The Hall–Kier alpha value is -1.88.